The van der Waals surface area contributed by atoms with Gasteiger partial charge in [-0.25, -0.2) is 9.98 Å². The number of hydrogen-bond acceptors (Lipinski definition) is 8. The summed E-state index contributed by atoms with van der Waals surface area (Å²) >= 11 is 0. The third kappa shape index (κ3) is 5.26. The highest BCUT2D eigenvalue weighted by molar-refractivity contribution is 6.06. The Balaban J connectivity index is 1.57. The van der Waals surface area contributed by atoms with E-state index in [1.165, 1.54) is 0 Å². The van der Waals surface area contributed by atoms with Gasteiger partial charge in [-0.05, 0) is 50.4 Å². The lowest BCUT2D eigenvalue weighted by atomic mass is 10.00. The molecule has 0 radical (unpaired) electrons. The average Bonchev–Trinajstić information content (AvgIpc) is 2.87. The van der Waals surface area contributed by atoms with Gasteiger partial charge in [-0.2, -0.15) is 0 Å². The monoisotopic (exact) mass is 457 g/mol. The highest BCUT2D eigenvalue weighted by atomic mass is 16.1. The first-order chi connectivity index (χ1) is 16.6. The zero-order valence-electron chi connectivity index (χ0n) is 18.8. The number of piperidine rings is 1. The largest absolute Gasteiger partial charge is 0.382 e. The van der Waals surface area contributed by atoms with Crippen LogP contribution in [0.3, 0.4) is 0 Å². The van der Waals surface area contributed by atoms with Crippen molar-refractivity contribution in [1.29, 1.82) is 0 Å². The summed E-state index contributed by atoms with van der Waals surface area (Å²) < 4.78 is 0. The Bertz CT molecular complexity index is 1140. The summed E-state index contributed by atoms with van der Waals surface area (Å²) in [4.78, 5) is 40.6. The van der Waals surface area contributed by atoms with Crippen LogP contribution in [0, 0.1) is 5.92 Å². The minimum Gasteiger partial charge on any atom is -0.382 e. The Morgan fingerprint density at radius 2 is 2.03 bits per heavy atom. The molecular formula is C25H27N7O2. The molecule has 3 N–H and O–H groups in total. The second-order valence-electron chi connectivity index (χ2n) is 8.14. The van der Waals surface area contributed by atoms with Crippen LogP contribution < -0.4 is 11.1 Å². The van der Waals surface area contributed by atoms with E-state index in [1.54, 1.807) is 54.9 Å². The van der Waals surface area contributed by atoms with Crippen LogP contribution in [0.15, 0.2) is 76.7 Å². The number of rotatable bonds is 7. The number of likely N-dealkylation sites (tertiary alicyclic amines) is 1. The molecule has 1 fully saturated rings. The van der Waals surface area contributed by atoms with Crippen LogP contribution in [0.1, 0.15) is 28.8 Å². The van der Waals surface area contributed by atoms with Gasteiger partial charge in [0.2, 0.25) is 0 Å². The number of aromatic nitrogens is 1. The van der Waals surface area contributed by atoms with Gasteiger partial charge in [0.25, 0.3) is 5.91 Å². The molecule has 9 heteroatoms. The SMILES string of the molecule is C=N/C(=C1/C(N)=NC=CN1CN1CCCC(C=O)C1)c1ccc(C(=O)Nc2ccccn2)cc1. The summed E-state index contributed by atoms with van der Waals surface area (Å²) in [6.45, 7) is 5.90. The standard InChI is InChI=1S/C25H27N7O2/c1-27-22(19-7-9-20(10-8-19)25(34)30-21-6-2-3-11-28-21)23-24(26)29-12-14-32(23)17-31-13-4-5-18(15-31)16-33/h2-3,6-12,14,16,18H,1,4-5,13,15,17H2,(H2,26,29)(H,28,30,34)/b23-22-. The van der Waals surface area contributed by atoms with E-state index in [4.69, 9.17) is 5.73 Å². The third-order valence-electron chi connectivity index (χ3n) is 5.79. The Hall–Kier alpha value is -4.11. The maximum Gasteiger partial charge on any atom is 0.256 e. The van der Waals surface area contributed by atoms with Gasteiger partial charge < -0.3 is 20.7 Å². The van der Waals surface area contributed by atoms with Crippen molar-refractivity contribution in [2.24, 2.45) is 21.6 Å². The summed E-state index contributed by atoms with van der Waals surface area (Å²) in [5, 5.41) is 2.77. The minimum absolute atomic E-state index is 0.0442. The number of amidine groups is 1. The van der Waals surface area contributed by atoms with Crippen LogP contribution in [0.2, 0.25) is 0 Å². The lowest BCUT2D eigenvalue weighted by Crippen LogP contribution is -2.44. The van der Waals surface area contributed by atoms with Crippen LogP contribution in [0.25, 0.3) is 5.70 Å². The topological polar surface area (TPSA) is 116 Å². The van der Waals surface area contributed by atoms with E-state index in [1.807, 2.05) is 11.1 Å². The number of carbonyl (C=O) groups excluding carboxylic acids is 2. The van der Waals surface area contributed by atoms with E-state index in [0.29, 0.717) is 41.8 Å². The van der Waals surface area contributed by atoms with Crippen LogP contribution in [0.5, 0.6) is 0 Å². The van der Waals surface area contributed by atoms with Crippen molar-refractivity contribution < 1.29 is 9.59 Å². The number of nitrogens with two attached hydrogens (primary N) is 1. The number of nitrogens with zero attached hydrogens (tertiary/aromatic N) is 5. The Labute approximate surface area is 198 Å². The summed E-state index contributed by atoms with van der Waals surface area (Å²) in [6, 6.07) is 12.4. The van der Waals surface area contributed by atoms with E-state index in [0.717, 1.165) is 31.2 Å². The summed E-state index contributed by atoms with van der Waals surface area (Å²) in [6.07, 6.45) is 8.03. The molecule has 34 heavy (non-hydrogen) atoms. The number of aliphatic imine (C=N–C) groups is 2. The molecular weight excluding hydrogens is 430 g/mol. The lowest BCUT2D eigenvalue weighted by molar-refractivity contribution is -0.112. The maximum absolute atomic E-state index is 12.6. The van der Waals surface area contributed by atoms with Crippen molar-refractivity contribution in [2.75, 3.05) is 25.1 Å². The molecule has 0 saturated carbocycles. The fraction of sp³-hybridized carbons (Fsp3) is 0.240. The first-order valence-electron chi connectivity index (χ1n) is 11.1. The zero-order valence-corrected chi connectivity index (χ0v) is 18.8. The maximum atomic E-state index is 12.6. The first kappa shape index (κ1) is 23.1. The number of anilines is 1. The van der Waals surface area contributed by atoms with Gasteiger partial charge in [-0.3, -0.25) is 14.7 Å². The van der Waals surface area contributed by atoms with E-state index in [2.05, 4.69) is 31.9 Å². The molecule has 0 aliphatic carbocycles. The van der Waals surface area contributed by atoms with Crippen molar-refractivity contribution >= 4 is 36.3 Å². The van der Waals surface area contributed by atoms with Crippen LogP contribution in [-0.2, 0) is 4.79 Å². The number of amides is 1. The van der Waals surface area contributed by atoms with Crippen molar-refractivity contribution in [3.8, 4) is 0 Å². The molecule has 1 aromatic heterocycles. The molecule has 2 aliphatic heterocycles. The molecule has 2 aliphatic rings. The molecule has 1 unspecified atom stereocenters. The Morgan fingerprint density at radius 1 is 1.24 bits per heavy atom. The fourth-order valence-corrected chi connectivity index (χ4v) is 4.11. The second kappa shape index (κ2) is 10.7. The van der Waals surface area contributed by atoms with Crippen LogP contribution in [0.4, 0.5) is 5.82 Å². The lowest BCUT2D eigenvalue weighted by Gasteiger charge is -2.36. The normalized spacial score (nSPS) is 19.8. The highest BCUT2D eigenvalue weighted by Gasteiger charge is 2.25. The van der Waals surface area contributed by atoms with E-state index in [-0.39, 0.29) is 11.8 Å². The summed E-state index contributed by atoms with van der Waals surface area (Å²) in [5.41, 5.74) is 8.70. The van der Waals surface area contributed by atoms with Crippen LogP contribution in [-0.4, -0.2) is 59.3 Å². The molecule has 0 bridgehead atoms. The number of carbonyl (C=O) groups is 2. The highest BCUT2D eigenvalue weighted by Crippen LogP contribution is 2.27. The molecule has 4 rings (SSSR count). The minimum atomic E-state index is -0.260. The number of benzene rings is 1. The molecule has 0 spiro atoms. The molecule has 1 saturated heterocycles. The van der Waals surface area contributed by atoms with Crippen molar-refractivity contribution in [1.82, 2.24) is 14.8 Å². The van der Waals surface area contributed by atoms with E-state index < -0.39 is 0 Å². The first-order valence-corrected chi connectivity index (χ1v) is 11.1. The quantitative estimate of drug-likeness (QED) is 0.488. The predicted molar refractivity (Wildman–Crippen MR) is 133 cm³/mol. The van der Waals surface area contributed by atoms with Crippen LogP contribution >= 0.6 is 0 Å². The van der Waals surface area contributed by atoms with E-state index >= 15 is 0 Å². The third-order valence-corrected chi connectivity index (χ3v) is 5.79. The van der Waals surface area contributed by atoms with Gasteiger partial charge in [-0.1, -0.05) is 18.2 Å². The van der Waals surface area contributed by atoms with E-state index in [9.17, 15) is 9.59 Å². The number of hydrogen-bond donors (Lipinski definition) is 2. The summed E-state index contributed by atoms with van der Waals surface area (Å²) in [5.74, 6) is 0.591. The van der Waals surface area contributed by atoms with Gasteiger partial charge in [0, 0.05) is 42.2 Å². The number of aldehydes is 1. The second-order valence-corrected chi connectivity index (χ2v) is 8.14. The molecule has 3 heterocycles. The molecule has 1 amide bonds. The number of pyridine rings is 1. The Kier molecular flexibility index (Phi) is 7.24. The molecule has 2 aromatic rings. The van der Waals surface area contributed by atoms with Gasteiger partial charge >= 0.3 is 0 Å². The summed E-state index contributed by atoms with van der Waals surface area (Å²) in [7, 11) is 0. The zero-order chi connectivity index (χ0) is 23.9. The van der Waals surface area contributed by atoms with Gasteiger partial charge in [0.05, 0.1) is 12.4 Å². The fourth-order valence-electron chi connectivity index (χ4n) is 4.11. The van der Waals surface area contributed by atoms with Crippen molar-refractivity contribution in [3.63, 3.8) is 0 Å². The molecule has 9 nitrogen and oxygen atoms in total. The van der Waals surface area contributed by atoms with Gasteiger partial charge in [-0.15, -0.1) is 0 Å². The van der Waals surface area contributed by atoms with Crippen molar-refractivity contribution in [2.45, 2.75) is 12.8 Å². The molecule has 1 atom stereocenters. The van der Waals surface area contributed by atoms with Gasteiger partial charge in [0.15, 0.2) is 0 Å². The predicted octanol–water partition coefficient (Wildman–Crippen LogP) is 2.72. The molecule has 174 valence electrons. The average molecular weight is 458 g/mol. The smallest absolute Gasteiger partial charge is 0.256 e. The van der Waals surface area contributed by atoms with Crippen molar-refractivity contribution in [3.05, 3.63) is 77.9 Å². The van der Waals surface area contributed by atoms with Gasteiger partial charge in [0.1, 0.15) is 23.6 Å². The number of nitrogens with one attached hydrogen (secondary N) is 1. The Morgan fingerprint density at radius 3 is 2.74 bits per heavy atom. The molecule has 1 aromatic carbocycles.